The number of carbonyl (C=O) groups excluding carboxylic acids is 2. The highest BCUT2D eigenvalue weighted by Crippen LogP contribution is 2.27. The molecule has 2 rings (SSSR count). The molecular formula is C14H16ClNO4. The van der Waals surface area contributed by atoms with Crippen molar-refractivity contribution in [3.8, 4) is 5.75 Å². The van der Waals surface area contributed by atoms with E-state index in [9.17, 15) is 9.59 Å². The summed E-state index contributed by atoms with van der Waals surface area (Å²) in [5.41, 5.74) is 0.408. The van der Waals surface area contributed by atoms with Crippen molar-refractivity contribution in [2.24, 2.45) is 5.92 Å². The third-order valence-corrected chi connectivity index (χ3v) is 3.64. The van der Waals surface area contributed by atoms with E-state index < -0.39 is 0 Å². The fraction of sp³-hybridized carbons (Fsp3) is 0.429. The molecule has 1 amide bonds. The molecule has 1 aliphatic rings. The van der Waals surface area contributed by atoms with Gasteiger partial charge in [0.25, 0.3) is 5.91 Å². The standard InChI is InChI=1S/C14H16ClNO4/c1-19-12-4-3-10(15)7-11(12)13(17)16-6-5-9(8-16)14(18)20-2/h3-4,7,9H,5-6,8H2,1-2H3. The van der Waals surface area contributed by atoms with Crippen LogP contribution in [0.3, 0.4) is 0 Å². The van der Waals surface area contributed by atoms with Gasteiger partial charge in [-0.2, -0.15) is 0 Å². The fourth-order valence-corrected chi connectivity index (χ4v) is 2.49. The minimum absolute atomic E-state index is 0.184. The first kappa shape index (κ1) is 14.7. The Morgan fingerprint density at radius 2 is 2.10 bits per heavy atom. The van der Waals surface area contributed by atoms with Crippen molar-refractivity contribution < 1.29 is 19.1 Å². The highest BCUT2D eigenvalue weighted by Gasteiger charge is 2.33. The number of hydrogen-bond donors (Lipinski definition) is 0. The smallest absolute Gasteiger partial charge is 0.310 e. The number of methoxy groups -OCH3 is 2. The maximum atomic E-state index is 12.5. The molecule has 108 valence electrons. The molecule has 0 aliphatic carbocycles. The molecule has 0 N–H and O–H groups in total. The predicted octanol–water partition coefficient (Wildman–Crippen LogP) is 1.98. The lowest BCUT2D eigenvalue weighted by Gasteiger charge is -2.18. The molecule has 1 heterocycles. The zero-order valence-electron chi connectivity index (χ0n) is 11.4. The third-order valence-electron chi connectivity index (χ3n) is 3.40. The SMILES string of the molecule is COC(=O)C1CCN(C(=O)c2cc(Cl)ccc2OC)C1. The number of halogens is 1. The van der Waals surface area contributed by atoms with Gasteiger partial charge in [0.1, 0.15) is 5.75 Å². The van der Waals surface area contributed by atoms with Gasteiger partial charge in [-0.05, 0) is 24.6 Å². The molecule has 0 saturated carbocycles. The van der Waals surface area contributed by atoms with E-state index in [2.05, 4.69) is 0 Å². The largest absolute Gasteiger partial charge is 0.496 e. The van der Waals surface area contributed by atoms with Gasteiger partial charge in [0.05, 0.1) is 25.7 Å². The van der Waals surface area contributed by atoms with Crippen LogP contribution in [0.1, 0.15) is 16.8 Å². The molecule has 1 unspecified atom stereocenters. The van der Waals surface area contributed by atoms with Crippen molar-refractivity contribution in [2.75, 3.05) is 27.3 Å². The number of nitrogens with zero attached hydrogens (tertiary/aromatic N) is 1. The van der Waals surface area contributed by atoms with Crippen molar-refractivity contribution in [1.82, 2.24) is 4.90 Å². The van der Waals surface area contributed by atoms with Crippen LogP contribution >= 0.6 is 11.6 Å². The summed E-state index contributed by atoms with van der Waals surface area (Å²) in [6, 6.07) is 4.90. The Morgan fingerprint density at radius 1 is 1.35 bits per heavy atom. The van der Waals surface area contributed by atoms with Crippen LogP contribution in [0.15, 0.2) is 18.2 Å². The molecule has 1 aromatic rings. The van der Waals surface area contributed by atoms with Crippen molar-refractivity contribution in [2.45, 2.75) is 6.42 Å². The van der Waals surface area contributed by atoms with Gasteiger partial charge in [0.2, 0.25) is 0 Å². The lowest BCUT2D eigenvalue weighted by molar-refractivity contribution is -0.144. The minimum Gasteiger partial charge on any atom is -0.496 e. The quantitative estimate of drug-likeness (QED) is 0.801. The highest BCUT2D eigenvalue weighted by atomic mass is 35.5. The van der Waals surface area contributed by atoms with Crippen LogP contribution < -0.4 is 4.74 Å². The molecule has 0 aromatic heterocycles. The van der Waals surface area contributed by atoms with Gasteiger partial charge in [-0.1, -0.05) is 11.6 Å². The van der Waals surface area contributed by atoms with E-state index in [1.165, 1.54) is 14.2 Å². The molecule has 1 fully saturated rings. The third kappa shape index (κ3) is 2.88. The topological polar surface area (TPSA) is 55.8 Å². The molecule has 1 aliphatic heterocycles. The Hall–Kier alpha value is -1.75. The summed E-state index contributed by atoms with van der Waals surface area (Å²) in [4.78, 5) is 25.6. The molecule has 1 aromatic carbocycles. The number of carbonyl (C=O) groups is 2. The number of hydrogen-bond acceptors (Lipinski definition) is 4. The normalized spacial score (nSPS) is 17.9. The second-order valence-corrected chi connectivity index (χ2v) is 5.04. The van der Waals surface area contributed by atoms with E-state index in [4.69, 9.17) is 21.1 Å². The summed E-state index contributed by atoms with van der Waals surface area (Å²) < 4.78 is 9.89. The molecule has 0 radical (unpaired) electrons. The summed E-state index contributed by atoms with van der Waals surface area (Å²) in [6.45, 7) is 0.884. The molecule has 6 heteroatoms. The van der Waals surface area contributed by atoms with Crippen molar-refractivity contribution in [3.63, 3.8) is 0 Å². The van der Waals surface area contributed by atoms with Crippen LogP contribution in [0.25, 0.3) is 0 Å². The van der Waals surface area contributed by atoms with Crippen molar-refractivity contribution in [1.29, 1.82) is 0 Å². The molecule has 0 spiro atoms. The first-order valence-electron chi connectivity index (χ1n) is 6.27. The van der Waals surface area contributed by atoms with E-state index in [-0.39, 0.29) is 17.8 Å². The number of amides is 1. The van der Waals surface area contributed by atoms with Crippen molar-refractivity contribution >= 4 is 23.5 Å². The number of ether oxygens (including phenoxy) is 2. The number of esters is 1. The summed E-state index contributed by atoms with van der Waals surface area (Å²) in [5.74, 6) is -0.246. The Labute approximate surface area is 122 Å². The first-order valence-corrected chi connectivity index (χ1v) is 6.65. The van der Waals surface area contributed by atoms with Crippen molar-refractivity contribution in [3.05, 3.63) is 28.8 Å². The van der Waals surface area contributed by atoms with Gasteiger partial charge in [-0.3, -0.25) is 9.59 Å². The van der Waals surface area contributed by atoms with Gasteiger partial charge >= 0.3 is 5.97 Å². The van der Waals surface area contributed by atoms with Crippen LogP contribution in [0.4, 0.5) is 0 Å². The minimum atomic E-state index is -0.279. The number of rotatable bonds is 3. The predicted molar refractivity (Wildman–Crippen MR) is 74.0 cm³/mol. The van der Waals surface area contributed by atoms with Gasteiger partial charge < -0.3 is 14.4 Å². The zero-order chi connectivity index (χ0) is 14.7. The lowest BCUT2D eigenvalue weighted by Crippen LogP contribution is -2.30. The number of likely N-dealkylation sites (tertiary alicyclic amines) is 1. The van der Waals surface area contributed by atoms with Gasteiger partial charge in [0, 0.05) is 18.1 Å². The van der Waals surface area contributed by atoms with E-state index in [1.54, 1.807) is 23.1 Å². The maximum Gasteiger partial charge on any atom is 0.310 e. The fourth-order valence-electron chi connectivity index (χ4n) is 2.32. The lowest BCUT2D eigenvalue weighted by atomic mass is 10.1. The molecular weight excluding hydrogens is 282 g/mol. The summed E-state index contributed by atoms with van der Waals surface area (Å²) in [6.07, 6.45) is 0.612. The Morgan fingerprint density at radius 3 is 2.75 bits per heavy atom. The Bertz CT molecular complexity index is 532. The first-order chi connectivity index (χ1) is 9.56. The molecule has 0 bridgehead atoms. The van der Waals surface area contributed by atoms with E-state index in [0.717, 1.165) is 0 Å². The van der Waals surface area contributed by atoms with Gasteiger partial charge in [-0.15, -0.1) is 0 Å². The molecule has 20 heavy (non-hydrogen) atoms. The summed E-state index contributed by atoms with van der Waals surface area (Å²) in [7, 11) is 2.86. The Kier molecular flexibility index (Phi) is 4.49. The van der Waals surface area contributed by atoms with Crippen LogP contribution in [-0.4, -0.2) is 44.1 Å². The van der Waals surface area contributed by atoms with Gasteiger partial charge in [-0.25, -0.2) is 0 Å². The van der Waals surface area contributed by atoms with E-state index in [0.29, 0.717) is 35.8 Å². The van der Waals surface area contributed by atoms with Crippen LogP contribution in [-0.2, 0) is 9.53 Å². The molecule has 1 saturated heterocycles. The van der Waals surface area contributed by atoms with Crippen LogP contribution in [0.5, 0.6) is 5.75 Å². The zero-order valence-corrected chi connectivity index (χ0v) is 12.1. The molecule has 1 atom stereocenters. The summed E-state index contributed by atoms with van der Waals surface area (Å²) in [5, 5.41) is 0.470. The van der Waals surface area contributed by atoms with Crippen LogP contribution in [0, 0.1) is 5.92 Å². The van der Waals surface area contributed by atoms with Gasteiger partial charge in [0.15, 0.2) is 0 Å². The maximum absolute atomic E-state index is 12.5. The monoisotopic (exact) mass is 297 g/mol. The van der Waals surface area contributed by atoms with E-state index in [1.807, 2.05) is 0 Å². The second kappa shape index (κ2) is 6.13. The molecule has 5 nitrogen and oxygen atoms in total. The number of benzene rings is 1. The second-order valence-electron chi connectivity index (χ2n) is 4.60. The Balaban J connectivity index is 2.17. The highest BCUT2D eigenvalue weighted by molar-refractivity contribution is 6.31. The van der Waals surface area contributed by atoms with E-state index >= 15 is 0 Å². The average Bonchev–Trinajstić information content (AvgIpc) is 2.95. The summed E-state index contributed by atoms with van der Waals surface area (Å²) >= 11 is 5.93. The van der Waals surface area contributed by atoms with Crippen LogP contribution in [0.2, 0.25) is 5.02 Å². The average molecular weight is 298 g/mol.